The van der Waals surface area contributed by atoms with Gasteiger partial charge < -0.3 is 0 Å². The van der Waals surface area contributed by atoms with Gasteiger partial charge >= 0.3 is 0 Å². The third-order valence-electron chi connectivity index (χ3n) is 5.94. The number of aromatic nitrogens is 6. The van der Waals surface area contributed by atoms with E-state index in [-0.39, 0.29) is 11.5 Å². The lowest BCUT2D eigenvalue weighted by Gasteiger charge is -2.18. The van der Waals surface area contributed by atoms with Crippen molar-refractivity contribution in [3.63, 3.8) is 0 Å². The number of nitrogens with one attached hydrogen (secondary N) is 1. The van der Waals surface area contributed by atoms with Crippen LogP contribution >= 0.6 is 0 Å². The number of benzene rings is 2. The summed E-state index contributed by atoms with van der Waals surface area (Å²) in [5.74, 6) is 1.64. The second-order valence-electron chi connectivity index (χ2n) is 8.67. The molecule has 7 heteroatoms. The number of aryl methyl sites for hydroxylation is 2. The summed E-state index contributed by atoms with van der Waals surface area (Å²) in [6.07, 6.45) is 2.89. The Labute approximate surface area is 193 Å². The zero-order valence-corrected chi connectivity index (χ0v) is 19.7. The van der Waals surface area contributed by atoms with E-state index in [0.29, 0.717) is 12.4 Å². The lowest BCUT2D eigenvalue weighted by molar-refractivity contribution is 0.615. The van der Waals surface area contributed by atoms with Crippen LogP contribution in [0.15, 0.2) is 53.3 Å². The Morgan fingerprint density at radius 3 is 2.39 bits per heavy atom. The summed E-state index contributed by atoms with van der Waals surface area (Å²) in [5.41, 5.74) is 5.86. The number of unbranched alkanes of at least 4 members (excludes halogenated alkanes) is 1. The second kappa shape index (κ2) is 9.90. The van der Waals surface area contributed by atoms with Crippen molar-refractivity contribution in [2.24, 2.45) is 0 Å². The molecule has 0 bridgehead atoms. The Hall–Kier alpha value is -3.61. The topological polar surface area (TPSA) is 89.3 Å². The van der Waals surface area contributed by atoms with Gasteiger partial charge in [-0.25, -0.2) is 10.1 Å². The Kier molecular flexibility index (Phi) is 6.77. The van der Waals surface area contributed by atoms with E-state index in [0.717, 1.165) is 58.6 Å². The van der Waals surface area contributed by atoms with Gasteiger partial charge in [0.1, 0.15) is 5.82 Å². The van der Waals surface area contributed by atoms with E-state index in [1.165, 1.54) is 0 Å². The van der Waals surface area contributed by atoms with Crippen molar-refractivity contribution < 1.29 is 0 Å². The van der Waals surface area contributed by atoms with Crippen molar-refractivity contribution in [3.8, 4) is 22.5 Å². The summed E-state index contributed by atoms with van der Waals surface area (Å²) in [6.45, 7) is 8.73. The van der Waals surface area contributed by atoms with E-state index in [1.54, 1.807) is 0 Å². The van der Waals surface area contributed by atoms with Crippen LogP contribution in [0.25, 0.3) is 22.5 Å². The van der Waals surface area contributed by atoms with Crippen LogP contribution in [0.3, 0.4) is 0 Å². The van der Waals surface area contributed by atoms with E-state index in [1.807, 2.05) is 29.7 Å². The van der Waals surface area contributed by atoms with Crippen molar-refractivity contribution in [3.05, 3.63) is 81.5 Å². The zero-order chi connectivity index (χ0) is 23.4. The quantitative estimate of drug-likeness (QED) is 0.419. The van der Waals surface area contributed by atoms with Gasteiger partial charge in [-0.05, 0) is 46.4 Å². The molecule has 0 spiro atoms. The Morgan fingerprint density at radius 2 is 1.76 bits per heavy atom. The molecule has 33 heavy (non-hydrogen) atoms. The molecular weight excluding hydrogens is 412 g/mol. The van der Waals surface area contributed by atoms with Crippen LogP contribution in [0.4, 0.5) is 0 Å². The van der Waals surface area contributed by atoms with Gasteiger partial charge in [-0.2, -0.15) is 0 Å². The third kappa shape index (κ3) is 4.77. The summed E-state index contributed by atoms with van der Waals surface area (Å²) >= 11 is 0. The molecule has 0 aliphatic rings. The van der Waals surface area contributed by atoms with Gasteiger partial charge in [-0.15, -0.1) is 5.10 Å². The maximum atomic E-state index is 13.4. The molecule has 0 aliphatic heterocycles. The van der Waals surface area contributed by atoms with Crippen molar-refractivity contribution in [2.75, 3.05) is 0 Å². The van der Waals surface area contributed by atoms with E-state index in [9.17, 15) is 4.79 Å². The minimum Gasteiger partial charge on any atom is -0.292 e. The first kappa shape index (κ1) is 22.6. The molecule has 2 aromatic heterocycles. The maximum Gasteiger partial charge on any atom is 0.257 e. The highest BCUT2D eigenvalue weighted by Gasteiger charge is 2.17. The summed E-state index contributed by atoms with van der Waals surface area (Å²) in [4.78, 5) is 18.2. The van der Waals surface area contributed by atoms with E-state index in [2.05, 4.69) is 71.7 Å². The summed E-state index contributed by atoms with van der Waals surface area (Å²) in [6, 6.07) is 16.3. The number of nitrogens with zero attached hydrogens (tertiary/aromatic N) is 5. The molecule has 7 nitrogen and oxygen atoms in total. The van der Waals surface area contributed by atoms with Gasteiger partial charge in [-0.3, -0.25) is 9.36 Å². The standard InChI is InChI=1S/C26H30N6O/c1-5-6-11-23-27-18(4)24(17(2)3)26(33)32(23)16-19-12-14-20(15-13-19)21-9-7-8-10-22(21)25-28-30-31-29-25/h7-10,12-15,17H,5-6,11,16H2,1-4H3,(H,28,29,30,31). The lowest BCUT2D eigenvalue weighted by atomic mass is 9.98. The molecule has 0 aliphatic carbocycles. The summed E-state index contributed by atoms with van der Waals surface area (Å²) < 4.78 is 1.86. The number of rotatable bonds is 8. The van der Waals surface area contributed by atoms with Crippen LogP contribution in [0, 0.1) is 6.92 Å². The van der Waals surface area contributed by atoms with Crippen LogP contribution in [-0.2, 0) is 13.0 Å². The minimum atomic E-state index is 0.0795. The molecule has 2 heterocycles. The van der Waals surface area contributed by atoms with Crippen molar-refractivity contribution >= 4 is 0 Å². The van der Waals surface area contributed by atoms with Crippen LogP contribution in [0.1, 0.15) is 62.2 Å². The Bertz CT molecular complexity index is 1270. The fraction of sp³-hybridized carbons (Fsp3) is 0.346. The van der Waals surface area contributed by atoms with Crippen LogP contribution in [0.2, 0.25) is 0 Å². The molecule has 0 saturated carbocycles. The molecule has 4 rings (SSSR count). The van der Waals surface area contributed by atoms with Crippen LogP contribution in [0.5, 0.6) is 0 Å². The van der Waals surface area contributed by atoms with Gasteiger partial charge in [0.2, 0.25) is 0 Å². The molecule has 0 radical (unpaired) electrons. The number of tetrazole rings is 1. The van der Waals surface area contributed by atoms with Crippen molar-refractivity contribution in [2.45, 2.75) is 59.4 Å². The molecule has 0 atom stereocenters. The SMILES string of the molecule is CCCCc1nc(C)c(C(C)C)c(=O)n1Cc1ccc(-c2ccccc2-c2nnn[nH]2)cc1. The van der Waals surface area contributed by atoms with E-state index >= 15 is 0 Å². The molecule has 0 fully saturated rings. The number of hydrogen-bond donors (Lipinski definition) is 1. The number of aromatic amines is 1. The zero-order valence-electron chi connectivity index (χ0n) is 19.7. The molecule has 4 aromatic rings. The normalized spacial score (nSPS) is 11.3. The lowest BCUT2D eigenvalue weighted by Crippen LogP contribution is -2.30. The van der Waals surface area contributed by atoms with Gasteiger partial charge in [-0.1, -0.05) is 75.7 Å². The van der Waals surface area contributed by atoms with E-state index in [4.69, 9.17) is 4.98 Å². The first-order valence-corrected chi connectivity index (χ1v) is 11.5. The fourth-order valence-corrected chi connectivity index (χ4v) is 4.27. The van der Waals surface area contributed by atoms with Crippen LogP contribution < -0.4 is 5.56 Å². The van der Waals surface area contributed by atoms with Crippen molar-refractivity contribution in [1.82, 2.24) is 30.2 Å². The van der Waals surface area contributed by atoms with Gasteiger partial charge in [0.05, 0.1) is 6.54 Å². The second-order valence-corrected chi connectivity index (χ2v) is 8.67. The fourth-order valence-electron chi connectivity index (χ4n) is 4.27. The molecule has 0 amide bonds. The highest BCUT2D eigenvalue weighted by molar-refractivity contribution is 5.80. The van der Waals surface area contributed by atoms with E-state index < -0.39 is 0 Å². The molecule has 0 unspecified atom stereocenters. The molecule has 170 valence electrons. The number of H-pyrrole nitrogens is 1. The third-order valence-corrected chi connectivity index (χ3v) is 5.94. The highest BCUT2D eigenvalue weighted by Crippen LogP contribution is 2.29. The van der Waals surface area contributed by atoms with Crippen molar-refractivity contribution in [1.29, 1.82) is 0 Å². The molecule has 1 N–H and O–H groups in total. The first-order valence-electron chi connectivity index (χ1n) is 11.5. The minimum absolute atomic E-state index is 0.0795. The smallest absolute Gasteiger partial charge is 0.257 e. The monoisotopic (exact) mass is 442 g/mol. The molecule has 2 aromatic carbocycles. The largest absolute Gasteiger partial charge is 0.292 e. The van der Waals surface area contributed by atoms with Gasteiger partial charge in [0, 0.05) is 23.2 Å². The average molecular weight is 443 g/mol. The van der Waals surface area contributed by atoms with Gasteiger partial charge in [0.25, 0.3) is 5.56 Å². The molecular formula is C26H30N6O. The molecule has 0 saturated heterocycles. The highest BCUT2D eigenvalue weighted by atomic mass is 16.1. The summed E-state index contributed by atoms with van der Waals surface area (Å²) in [5, 5.41) is 14.3. The number of hydrogen-bond acceptors (Lipinski definition) is 5. The average Bonchev–Trinajstić information content (AvgIpc) is 3.35. The first-order chi connectivity index (χ1) is 16.0. The predicted octanol–water partition coefficient (Wildman–Crippen LogP) is 4.91. The predicted molar refractivity (Wildman–Crippen MR) is 130 cm³/mol. The summed E-state index contributed by atoms with van der Waals surface area (Å²) in [7, 11) is 0. The maximum absolute atomic E-state index is 13.4. The Balaban J connectivity index is 1.68. The van der Waals surface area contributed by atoms with Crippen LogP contribution in [-0.4, -0.2) is 30.2 Å². The Morgan fingerprint density at radius 1 is 1.03 bits per heavy atom. The van der Waals surface area contributed by atoms with Gasteiger partial charge in [0.15, 0.2) is 5.82 Å².